The van der Waals surface area contributed by atoms with Crippen LogP contribution in [0.25, 0.3) is 0 Å². The largest absolute Gasteiger partial charge is 0.369 e. The summed E-state index contributed by atoms with van der Waals surface area (Å²) >= 11 is 5.91. The van der Waals surface area contributed by atoms with E-state index < -0.39 is 21.8 Å². The number of nitrogens with one attached hydrogen (secondary N) is 1. The molecule has 9 heteroatoms. The predicted molar refractivity (Wildman–Crippen MR) is 128 cm³/mol. The molecule has 0 fully saturated rings. The molecule has 0 aromatic heterocycles. The maximum Gasteiger partial charge on any atom is 0.243 e. The molecule has 7 nitrogen and oxygen atoms in total. The Morgan fingerprint density at radius 1 is 0.970 bits per heavy atom. The van der Waals surface area contributed by atoms with E-state index in [4.69, 9.17) is 17.3 Å². The molecule has 3 N–H and O–H groups in total. The van der Waals surface area contributed by atoms with Gasteiger partial charge in [0.05, 0.1) is 17.9 Å². The van der Waals surface area contributed by atoms with Gasteiger partial charge in [-0.3, -0.25) is 9.59 Å². The van der Waals surface area contributed by atoms with Gasteiger partial charge in [0, 0.05) is 17.3 Å². The lowest BCUT2D eigenvalue weighted by Crippen LogP contribution is -2.37. The number of carbonyl (C=O) groups excluding carboxylic acids is 2. The number of carbonyl (C=O) groups is 2. The maximum absolute atomic E-state index is 13.4. The second-order valence-corrected chi connectivity index (χ2v) is 9.92. The fourth-order valence-electron chi connectivity index (χ4n) is 3.23. The van der Waals surface area contributed by atoms with Crippen molar-refractivity contribution >= 4 is 39.1 Å². The molecule has 0 aliphatic heterocycles. The van der Waals surface area contributed by atoms with Crippen LogP contribution in [0, 0.1) is 6.92 Å². The Labute approximate surface area is 198 Å². The lowest BCUT2D eigenvalue weighted by atomic mass is 10.1. The number of benzene rings is 3. The summed E-state index contributed by atoms with van der Waals surface area (Å²) in [7, 11) is -3.98. The molecule has 172 valence electrons. The summed E-state index contributed by atoms with van der Waals surface area (Å²) in [5.41, 5.74) is 8.09. The number of nitrogens with two attached hydrogens (primary N) is 1. The third-order valence-corrected chi connectivity index (χ3v) is 7.05. The minimum absolute atomic E-state index is 0.0304. The highest BCUT2D eigenvalue weighted by Crippen LogP contribution is 2.22. The van der Waals surface area contributed by atoms with Crippen LogP contribution in [0.4, 0.5) is 5.69 Å². The summed E-state index contributed by atoms with van der Waals surface area (Å²) < 4.78 is 27.8. The summed E-state index contributed by atoms with van der Waals surface area (Å²) in [5.74, 6) is -0.949. The van der Waals surface area contributed by atoms with Crippen LogP contribution in [0.15, 0.2) is 77.7 Å². The van der Waals surface area contributed by atoms with Gasteiger partial charge in [0.15, 0.2) is 0 Å². The van der Waals surface area contributed by atoms with E-state index in [9.17, 15) is 18.0 Å². The van der Waals surface area contributed by atoms with Gasteiger partial charge >= 0.3 is 0 Å². The number of sulfonamides is 1. The molecule has 33 heavy (non-hydrogen) atoms. The van der Waals surface area contributed by atoms with Crippen molar-refractivity contribution in [2.75, 3.05) is 11.9 Å². The van der Waals surface area contributed by atoms with E-state index in [1.165, 1.54) is 24.3 Å². The van der Waals surface area contributed by atoms with Crippen LogP contribution in [0.1, 0.15) is 16.7 Å². The average molecular weight is 486 g/mol. The van der Waals surface area contributed by atoms with Gasteiger partial charge in [-0.2, -0.15) is 4.31 Å². The normalized spacial score (nSPS) is 11.4. The van der Waals surface area contributed by atoms with Gasteiger partial charge in [0.2, 0.25) is 21.8 Å². The minimum atomic E-state index is -3.98. The van der Waals surface area contributed by atoms with Crippen molar-refractivity contribution < 1.29 is 18.0 Å². The molecule has 0 unspecified atom stereocenters. The molecule has 0 aliphatic rings. The van der Waals surface area contributed by atoms with Gasteiger partial charge in [0.25, 0.3) is 0 Å². The highest BCUT2D eigenvalue weighted by Gasteiger charge is 2.27. The summed E-state index contributed by atoms with van der Waals surface area (Å²) in [5, 5.41) is 3.12. The number of aryl methyl sites for hydroxylation is 1. The molecular weight excluding hydrogens is 462 g/mol. The predicted octanol–water partition coefficient (Wildman–Crippen LogP) is 3.51. The number of amides is 2. The first-order valence-electron chi connectivity index (χ1n) is 10.1. The zero-order valence-electron chi connectivity index (χ0n) is 18.0. The van der Waals surface area contributed by atoms with Crippen molar-refractivity contribution in [3.05, 3.63) is 94.5 Å². The summed E-state index contributed by atoms with van der Waals surface area (Å²) in [6.07, 6.45) is 0.0950. The minimum Gasteiger partial charge on any atom is -0.369 e. The first kappa shape index (κ1) is 24.4. The fraction of sp³-hybridized carbons (Fsp3) is 0.167. The van der Waals surface area contributed by atoms with Gasteiger partial charge in [-0.15, -0.1) is 0 Å². The van der Waals surface area contributed by atoms with Crippen LogP contribution in [0.3, 0.4) is 0 Å². The highest BCUT2D eigenvalue weighted by atomic mass is 35.5. The third-order valence-electron chi connectivity index (χ3n) is 5.00. The average Bonchev–Trinajstić information content (AvgIpc) is 2.76. The molecule has 3 aromatic carbocycles. The van der Waals surface area contributed by atoms with Crippen LogP contribution >= 0.6 is 11.6 Å². The Balaban J connectivity index is 1.83. The number of rotatable bonds is 9. The second kappa shape index (κ2) is 10.6. The van der Waals surface area contributed by atoms with E-state index in [0.717, 1.165) is 15.4 Å². The number of hydrogen-bond acceptors (Lipinski definition) is 4. The first-order chi connectivity index (χ1) is 15.6. The Morgan fingerprint density at radius 2 is 1.61 bits per heavy atom. The zero-order chi connectivity index (χ0) is 24.0. The molecule has 3 aromatic rings. The lowest BCUT2D eigenvalue weighted by molar-refractivity contribution is -0.117. The molecule has 0 saturated carbocycles. The van der Waals surface area contributed by atoms with Gasteiger partial charge in [-0.05, 0) is 60.0 Å². The maximum atomic E-state index is 13.4. The van der Waals surface area contributed by atoms with Gasteiger partial charge in [-0.1, -0.05) is 48.0 Å². The highest BCUT2D eigenvalue weighted by molar-refractivity contribution is 7.89. The van der Waals surface area contributed by atoms with Crippen molar-refractivity contribution in [2.24, 2.45) is 5.73 Å². The van der Waals surface area contributed by atoms with Crippen molar-refractivity contribution in [2.45, 2.75) is 24.8 Å². The summed E-state index contributed by atoms with van der Waals surface area (Å²) in [4.78, 5) is 23.9. The zero-order valence-corrected chi connectivity index (χ0v) is 19.6. The van der Waals surface area contributed by atoms with E-state index in [1.54, 1.807) is 24.3 Å². The number of primary amides is 1. The van der Waals surface area contributed by atoms with Crippen molar-refractivity contribution in [3.8, 4) is 0 Å². The number of halogens is 1. The summed E-state index contributed by atoms with van der Waals surface area (Å²) in [6, 6.07) is 19.8. The van der Waals surface area contributed by atoms with E-state index in [1.807, 2.05) is 31.2 Å². The van der Waals surface area contributed by atoms with Gasteiger partial charge in [-0.25, -0.2) is 8.42 Å². The summed E-state index contributed by atoms with van der Waals surface area (Å²) in [6.45, 7) is 1.53. The molecule has 3 rings (SSSR count). The molecule has 0 aliphatic carbocycles. The van der Waals surface area contributed by atoms with Crippen molar-refractivity contribution in [3.63, 3.8) is 0 Å². The Morgan fingerprint density at radius 3 is 2.21 bits per heavy atom. The molecule has 2 amide bonds. The van der Waals surface area contributed by atoms with Crippen molar-refractivity contribution in [1.29, 1.82) is 0 Å². The molecule has 0 saturated heterocycles. The second-order valence-electron chi connectivity index (χ2n) is 7.54. The first-order valence-corrected chi connectivity index (χ1v) is 11.9. The fourth-order valence-corrected chi connectivity index (χ4v) is 4.73. The van der Waals surface area contributed by atoms with E-state index in [0.29, 0.717) is 16.3 Å². The molecule has 0 heterocycles. The van der Waals surface area contributed by atoms with Gasteiger partial charge < -0.3 is 11.1 Å². The molecule has 0 atom stereocenters. The third kappa shape index (κ3) is 6.64. The van der Waals surface area contributed by atoms with Crippen molar-refractivity contribution in [1.82, 2.24) is 4.31 Å². The standard InChI is InChI=1S/C24H24ClN3O4S/c1-17-4-2-3-5-19(17)15-28(33(31,32)22-12-8-20(25)9-13-22)16-24(30)27-21-10-6-18(7-11-21)14-23(26)29/h2-13H,14-16H2,1H3,(H2,26,29)(H,27,30). The van der Waals surface area contributed by atoms with Crippen LogP contribution in [-0.4, -0.2) is 31.1 Å². The Hall–Kier alpha value is -3.20. The monoisotopic (exact) mass is 485 g/mol. The van der Waals surface area contributed by atoms with Crippen LogP contribution < -0.4 is 11.1 Å². The Kier molecular flexibility index (Phi) is 7.86. The molecule has 0 bridgehead atoms. The van der Waals surface area contributed by atoms with Crippen LogP contribution in [0.5, 0.6) is 0 Å². The SMILES string of the molecule is Cc1ccccc1CN(CC(=O)Nc1ccc(CC(N)=O)cc1)S(=O)(=O)c1ccc(Cl)cc1. The molecular formula is C24H24ClN3O4S. The van der Waals surface area contributed by atoms with E-state index >= 15 is 0 Å². The van der Waals surface area contributed by atoms with Crippen LogP contribution in [0.2, 0.25) is 5.02 Å². The van der Waals surface area contributed by atoms with E-state index in [-0.39, 0.29) is 24.4 Å². The number of nitrogens with zero attached hydrogens (tertiary/aromatic N) is 1. The van der Waals surface area contributed by atoms with E-state index in [2.05, 4.69) is 5.32 Å². The smallest absolute Gasteiger partial charge is 0.243 e. The molecule has 0 radical (unpaired) electrons. The lowest BCUT2D eigenvalue weighted by Gasteiger charge is -2.23. The molecule has 0 spiro atoms. The number of hydrogen-bond donors (Lipinski definition) is 2. The topological polar surface area (TPSA) is 110 Å². The Bertz CT molecular complexity index is 1240. The van der Waals surface area contributed by atoms with Crippen LogP contribution in [-0.2, 0) is 32.6 Å². The quantitative estimate of drug-likeness (QED) is 0.483. The number of anilines is 1. The van der Waals surface area contributed by atoms with Gasteiger partial charge in [0.1, 0.15) is 0 Å².